The van der Waals surface area contributed by atoms with Gasteiger partial charge in [-0.2, -0.15) is 0 Å². The molecule has 0 heterocycles. The molecule has 0 unspecified atom stereocenters. The maximum absolute atomic E-state index is 11.8. The standard InChI is InChI=1S/C21H22N2O5/c1-14-7-9-17(11-15(14)2)22-21(26)23-19(24)13-28-20(25)10-8-16-5-4-6-18(12-16)27-3/h4-12H,13H2,1-3H3,(H2,22,23,24,26)/b10-8+. The molecule has 2 aromatic carbocycles. The third-order valence-electron chi connectivity index (χ3n) is 3.87. The van der Waals surface area contributed by atoms with E-state index in [1.54, 1.807) is 43.5 Å². The second kappa shape index (κ2) is 9.91. The van der Waals surface area contributed by atoms with Gasteiger partial charge in [0.15, 0.2) is 6.61 Å². The normalized spacial score (nSPS) is 10.4. The highest BCUT2D eigenvalue weighted by atomic mass is 16.5. The number of imide groups is 1. The van der Waals surface area contributed by atoms with Crippen molar-refractivity contribution < 1.29 is 23.9 Å². The molecule has 0 saturated carbocycles. The van der Waals surface area contributed by atoms with Gasteiger partial charge in [0.05, 0.1) is 7.11 Å². The summed E-state index contributed by atoms with van der Waals surface area (Å²) in [6.07, 6.45) is 2.73. The van der Waals surface area contributed by atoms with Gasteiger partial charge in [0, 0.05) is 11.8 Å². The number of urea groups is 1. The molecule has 0 radical (unpaired) electrons. The summed E-state index contributed by atoms with van der Waals surface area (Å²) in [5.74, 6) is -0.776. The molecule has 0 aromatic heterocycles. The topological polar surface area (TPSA) is 93.7 Å². The molecule has 28 heavy (non-hydrogen) atoms. The highest BCUT2D eigenvalue weighted by Gasteiger charge is 2.10. The number of hydrogen-bond donors (Lipinski definition) is 2. The minimum Gasteiger partial charge on any atom is -0.497 e. The average Bonchev–Trinajstić information content (AvgIpc) is 2.67. The van der Waals surface area contributed by atoms with Crippen LogP contribution >= 0.6 is 0 Å². The Labute approximate surface area is 163 Å². The number of amides is 3. The Morgan fingerprint density at radius 1 is 1.04 bits per heavy atom. The summed E-state index contributed by atoms with van der Waals surface area (Å²) in [6, 6.07) is 11.8. The fraction of sp³-hybridized carbons (Fsp3) is 0.190. The molecular formula is C21H22N2O5. The molecule has 0 aliphatic heterocycles. The second-order valence-corrected chi connectivity index (χ2v) is 6.02. The van der Waals surface area contributed by atoms with Crippen molar-refractivity contribution in [2.24, 2.45) is 0 Å². The molecular weight excluding hydrogens is 360 g/mol. The first-order chi connectivity index (χ1) is 13.4. The van der Waals surface area contributed by atoms with E-state index in [2.05, 4.69) is 10.6 Å². The quantitative estimate of drug-likeness (QED) is 0.591. The molecule has 3 amide bonds. The first-order valence-corrected chi connectivity index (χ1v) is 8.54. The molecule has 2 aromatic rings. The average molecular weight is 382 g/mol. The number of nitrogens with one attached hydrogen (secondary N) is 2. The summed E-state index contributed by atoms with van der Waals surface area (Å²) in [4.78, 5) is 35.3. The van der Waals surface area contributed by atoms with E-state index in [4.69, 9.17) is 9.47 Å². The third-order valence-corrected chi connectivity index (χ3v) is 3.87. The maximum Gasteiger partial charge on any atom is 0.331 e. The first kappa shape index (κ1) is 20.7. The largest absolute Gasteiger partial charge is 0.497 e. The Bertz CT molecular complexity index is 905. The van der Waals surface area contributed by atoms with E-state index in [-0.39, 0.29) is 0 Å². The van der Waals surface area contributed by atoms with E-state index < -0.39 is 24.5 Å². The molecule has 0 fully saturated rings. The van der Waals surface area contributed by atoms with Gasteiger partial charge in [-0.05, 0) is 60.9 Å². The number of anilines is 1. The Balaban J connectivity index is 1.77. The molecule has 146 valence electrons. The Morgan fingerprint density at radius 2 is 1.82 bits per heavy atom. The summed E-state index contributed by atoms with van der Waals surface area (Å²) >= 11 is 0. The van der Waals surface area contributed by atoms with E-state index in [0.717, 1.165) is 16.7 Å². The van der Waals surface area contributed by atoms with E-state index in [1.807, 2.05) is 19.9 Å². The minimum absolute atomic E-state index is 0.562. The van der Waals surface area contributed by atoms with Crippen LogP contribution in [0.3, 0.4) is 0 Å². The van der Waals surface area contributed by atoms with Gasteiger partial charge < -0.3 is 14.8 Å². The van der Waals surface area contributed by atoms with Crippen LogP contribution in [-0.4, -0.2) is 31.6 Å². The molecule has 0 bridgehead atoms. The summed E-state index contributed by atoms with van der Waals surface area (Å²) < 4.78 is 9.91. The van der Waals surface area contributed by atoms with E-state index >= 15 is 0 Å². The van der Waals surface area contributed by atoms with E-state index in [1.165, 1.54) is 12.2 Å². The molecule has 0 aliphatic rings. The highest BCUT2D eigenvalue weighted by molar-refractivity contribution is 6.02. The summed E-state index contributed by atoms with van der Waals surface area (Å²) in [7, 11) is 1.55. The van der Waals surface area contributed by atoms with Crippen LogP contribution in [0.25, 0.3) is 6.08 Å². The van der Waals surface area contributed by atoms with Crippen molar-refractivity contribution in [2.45, 2.75) is 13.8 Å². The zero-order valence-electron chi connectivity index (χ0n) is 15.9. The number of aryl methyl sites for hydroxylation is 2. The Kier molecular flexibility index (Phi) is 7.33. The van der Waals surface area contributed by atoms with Gasteiger partial charge in [0.1, 0.15) is 5.75 Å². The lowest BCUT2D eigenvalue weighted by atomic mass is 10.1. The zero-order chi connectivity index (χ0) is 20.5. The number of rotatable bonds is 6. The van der Waals surface area contributed by atoms with Crippen molar-refractivity contribution >= 4 is 29.7 Å². The lowest BCUT2D eigenvalue weighted by molar-refractivity contribution is -0.143. The van der Waals surface area contributed by atoms with Crippen molar-refractivity contribution in [1.29, 1.82) is 0 Å². The van der Waals surface area contributed by atoms with Crippen molar-refractivity contribution in [2.75, 3.05) is 19.0 Å². The fourth-order valence-corrected chi connectivity index (χ4v) is 2.24. The molecule has 0 atom stereocenters. The molecule has 7 nitrogen and oxygen atoms in total. The molecule has 7 heteroatoms. The van der Waals surface area contributed by atoms with Gasteiger partial charge in [-0.3, -0.25) is 10.1 Å². The number of carbonyl (C=O) groups is 3. The van der Waals surface area contributed by atoms with Crippen LogP contribution in [0.1, 0.15) is 16.7 Å². The predicted molar refractivity (Wildman–Crippen MR) is 106 cm³/mol. The molecule has 2 rings (SSSR count). The second-order valence-electron chi connectivity index (χ2n) is 6.02. The number of carbonyl (C=O) groups excluding carboxylic acids is 3. The summed E-state index contributed by atoms with van der Waals surface area (Å²) in [5.41, 5.74) is 3.41. The summed E-state index contributed by atoms with van der Waals surface area (Å²) in [6.45, 7) is 3.31. The maximum atomic E-state index is 11.8. The van der Waals surface area contributed by atoms with Gasteiger partial charge in [-0.15, -0.1) is 0 Å². The van der Waals surface area contributed by atoms with Crippen molar-refractivity contribution in [3.63, 3.8) is 0 Å². The number of benzene rings is 2. The fourth-order valence-electron chi connectivity index (χ4n) is 2.24. The highest BCUT2D eigenvalue weighted by Crippen LogP contribution is 2.14. The van der Waals surface area contributed by atoms with E-state index in [9.17, 15) is 14.4 Å². The number of esters is 1. The zero-order valence-corrected chi connectivity index (χ0v) is 15.9. The van der Waals surface area contributed by atoms with Crippen LogP contribution in [0.15, 0.2) is 48.5 Å². The van der Waals surface area contributed by atoms with Gasteiger partial charge in [0.2, 0.25) is 0 Å². The van der Waals surface area contributed by atoms with Crippen LogP contribution < -0.4 is 15.4 Å². The number of methoxy groups -OCH3 is 1. The van der Waals surface area contributed by atoms with Crippen molar-refractivity contribution in [3.8, 4) is 5.75 Å². The van der Waals surface area contributed by atoms with Crippen LogP contribution in [0.4, 0.5) is 10.5 Å². The monoisotopic (exact) mass is 382 g/mol. The SMILES string of the molecule is COc1cccc(/C=C/C(=O)OCC(=O)NC(=O)Nc2ccc(C)c(C)c2)c1. The Morgan fingerprint density at radius 3 is 2.54 bits per heavy atom. The van der Waals surface area contributed by atoms with Crippen molar-refractivity contribution in [3.05, 3.63) is 65.2 Å². The van der Waals surface area contributed by atoms with Gasteiger partial charge in [0.25, 0.3) is 5.91 Å². The lowest BCUT2D eigenvalue weighted by Crippen LogP contribution is -2.37. The minimum atomic E-state index is -0.732. The molecule has 0 saturated heterocycles. The third kappa shape index (κ3) is 6.60. The first-order valence-electron chi connectivity index (χ1n) is 8.54. The van der Waals surface area contributed by atoms with Crippen LogP contribution in [0.5, 0.6) is 5.75 Å². The van der Waals surface area contributed by atoms with Crippen LogP contribution in [0.2, 0.25) is 0 Å². The number of hydrogen-bond acceptors (Lipinski definition) is 5. The molecule has 2 N–H and O–H groups in total. The smallest absolute Gasteiger partial charge is 0.331 e. The Hall–Kier alpha value is -3.61. The molecule has 0 aliphatic carbocycles. The van der Waals surface area contributed by atoms with E-state index in [0.29, 0.717) is 11.4 Å². The van der Waals surface area contributed by atoms with Crippen molar-refractivity contribution in [1.82, 2.24) is 5.32 Å². The van der Waals surface area contributed by atoms with Gasteiger partial charge >= 0.3 is 12.0 Å². The lowest BCUT2D eigenvalue weighted by Gasteiger charge is -2.08. The van der Waals surface area contributed by atoms with Gasteiger partial charge in [-0.25, -0.2) is 9.59 Å². The molecule has 0 spiro atoms. The van der Waals surface area contributed by atoms with Crippen LogP contribution in [0, 0.1) is 13.8 Å². The number of ether oxygens (including phenoxy) is 2. The van der Waals surface area contributed by atoms with Crippen LogP contribution in [-0.2, 0) is 14.3 Å². The predicted octanol–water partition coefficient (Wildman–Crippen LogP) is 3.22. The van der Waals surface area contributed by atoms with Gasteiger partial charge in [-0.1, -0.05) is 18.2 Å². The summed E-state index contributed by atoms with van der Waals surface area (Å²) in [5, 5.41) is 4.65.